The molecule has 0 bridgehead atoms. The number of nitrogens with one attached hydrogen (secondary N) is 1. The van der Waals surface area contributed by atoms with E-state index < -0.39 is 0 Å². The fourth-order valence-corrected chi connectivity index (χ4v) is 3.05. The molecule has 3 rings (SSSR count). The van der Waals surface area contributed by atoms with Gasteiger partial charge in [-0.15, -0.1) is 0 Å². The van der Waals surface area contributed by atoms with Crippen LogP contribution < -0.4 is 10.1 Å². The molecule has 0 spiro atoms. The quantitative estimate of drug-likeness (QED) is 0.886. The van der Waals surface area contributed by atoms with Crippen LogP contribution in [0.4, 0.5) is 4.39 Å². The monoisotopic (exact) mass is 249 g/mol. The van der Waals surface area contributed by atoms with Crippen molar-refractivity contribution in [2.75, 3.05) is 7.05 Å². The molecule has 1 fully saturated rings. The molecular formula is C15H20FNO. The number of hydrogen-bond acceptors (Lipinski definition) is 2. The molecule has 1 N–H and O–H groups in total. The van der Waals surface area contributed by atoms with Crippen LogP contribution in [0.2, 0.25) is 0 Å². The highest BCUT2D eigenvalue weighted by atomic mass is 19.1. The van der Waals surface area contributed by atoms with Crippen LogP contribution in [0.5, 0.6) is 5.75 Å². The van der Waals surface area contributed by atoms with Gasteiger partial charge in [-0.05, 0) is 32.4 Å². The Morgan fingerprint density at radius 1 is 1.44 bits per heavy atom. The van der Waals surface area contributed by atoms with E-state index in [1.807, 2.05) is 13.1 Å². The van der Waals surface area contributed by atoms with Crippen molar-refractivity contribution in [2.24, 2.45) is 5.92 Å². The number of hydrogen-bond donors (Lipinski definition) is 1. The van der Waals surface area contributed by atoms with Crippen molar-refractivity contribution < 1.29 is 9.13 Å². The van der Waals surface area contributed by atoms with E-state index in [1.54, 1.807) is 0 Å². The van der Waals surface area contributed by atoms with Crippen molar-refractivity contribution in [3.8, 4) is 5.75 Å². The molecular weight excluding hydrogens is 229 g/mol. The highest BCUT2D eigenvalue weighted by molar-refractivity contribution is 5.39. The zero-order valence-electron chi connectivity index (χ0n) is 11.0. The maximum Gasteiger partial charge on any atom is 0.127 e. The lowest BCUT2D eigenvalue weighted by molar-refractivity contribution is 0.0353. The molecule has 2 atom stereocenters. The molecule has 1 aromatic carbocycles. The predicted molar refractivity (Wildman–Crippen MR) is 69.2 cm³/mol. The van der Waals surface area contributed by atoms with Crippen LogP contribution in [-0.2, 0) is 0 Å². The molecule has 2 unspecified atom stereocenters. The molecule has 0 saturated heterocycles. The Morgan fingerprint density at radius 3 is 2.89 bits per heavy atom. The van der Waals surface area contributed by atoms with Crippen LogP contribution in [0.15, 0.2) is 18.2 Å². The molecule has 3 heteroatoms. The molecule has 0 aromatic heterocycles. The average Bonchev–Trinajstić information content (AvgIpc) is 3.10. The van der Waals surface area contributed by atoms with E-state index in [9.17, 15) is 4.39 Å². The van der Waals surface area contributed by atoms with Crippen LogP contribution in [0.25, 0.3) is 0 Å². The van der Waals surface area contributed by atoms with Crippen LogP contribution >= 0.6 is 0 Å². The number of rotatable bonds is 3. The Bertz CT molecular complexity index is 458. The van der Waals surface area contributed by atoms with Crippen molar-refractivity contribution in [1.29, 1.82) is 0 Å². The summed E-state index contributed by atoms with van der Waals surface area (Å²) in [4.78, 5) is 0. The fourth-order valence-electron chi connectivity index (χ4n) is 3.05. The first-order chi connectivity index (χ1) is 8.59. The Kier molecular flexibility index (Phi) is 2.81. The summed E-state index contributed by atoms with van der Waals surface area (Å²) < 4.78 is 19.5. The van der Waals surface area contributed by atoms with Crippen molar-refractivity contribution in [1.82, 2.24) is 5.32 Å². The van der Waals surface area contributed by atoms with E-state index in [0.717, 1.165) is 24.3 Å². The Morgan fingerprint density at radius 2 is 2.22 bits per heavy atom. The van der Waals surface area contributed by atoms with E-state index in [1.165, 1.54) is 25.0 Å². The second-order valence-electron chi connectivity index (χ2n) is 5.93. The SMILES string of the molecule is CNC1CC(C)(CC2CC2)Oc2cc(F)ccc21. The van der Waals surface area contributed by atoms with Crippen molar-refractivity contribution in [2.45, 2.75) is 44.2 Å². The smallest absolute Gasteiger partial charge is 0.127 e. The molecule has 1 aromatic rings. The minimum absolute atomic E-state index is 0.157. The highest BCUT2D eigenvalue weighted by Crippen LogP contribution is 2.46. The van der Waals surface area contributed by atoms with Crippen molar-refractivity contribution >= 4 is 0 Å². The summed E-state index contributed by atoms with van der Waals surface area (Å²) in [5.41, 5.74) is 0.919. The van der Waals surface area contributed by atoms with Crippen molar-refractivity contribution in [3.63, 3.8) is 0 Å². The molecule has 18 heavy (non-hydrogen) atoms. The molecule has 0 amide bonds. The van der Waals surface area contributed by atoms with Crippen LogP contribution in [0.3, 0.4) is 0 Å². The Hall–Kier alpha value is -1.09. The van der Waals surface area contributed by atoms with Gasteiger partial charge in [0.15, 0.2) is 0 Å². The lowest BCUT2D eigenvalue weighted by Crippen LogP contribution is -2.41. The molecule has 98 valence electrons. The minimum Gasteiger partial charge on any atom is -0.487 e. The summed E-state index contributed by atoms with van der Waals surface area (Å²) in [6.07, 6.45) is 4.68. The number of benzene rings is 1. The van der Waals surface area contributed by atoms with Gasteiger partial charge in [0.1, 0.15) is 17.2 Å². The summed E-state index contributed by atoms with van der Waals surface area (Å²) in [5.74, 6) is 1.30. The van der Waals surface area contributed by atoms with Gasteiger partial charge in [-0.25, -0.2) is 4.39 Å². The standard InChI is InChI=1S/C15H20FNO/c1-15(8-10-3-4-10)9-13(17-2)12-6-5-11(16)7-14(12)18-15/h5-7,10,13,17H,3-4,8-9H2,1-2H3. The lowest BCUT2D eigenvalue weighted by Gasteiger charge is -2.40. The minimum atomic E-state index is -0.223. The summed E-state index contributed by atoms with van der Waals surface area (Å²) in [5, 5.41) is 3.33. The first-order valence-corrected chi connectivity index (χ1v) is 6.75. The molecule has 0 radical (unpaired) electrons. The molecule has 1 aliphatic carbocycles. The molecule has 2 aliphatic rings. The van der Waals surface area contributed by atoms with Gasteiger partial charge < -0.3 is 10.1 Å². The van der Waals surface area contributed by atoms with E-state index >= 15 is 0 Å². The maximum atomic E-state index is 13.4. The Labute approximate surface area is 108 Å². The van der Waals surface area contributed by atoms with Gasteiger partial charge in [-0.3, -0.25) is 0 Å². The first-order valence-electron chi connectivity index (χ1n) is 6.75. The Balaban J connectivity index is 1.91. The van der Waals surface area contributed by atoms with Crippen LogP contribution in [0.1, 0.15) is 44.2 Å². The second-order valence-corrected chi connectivity index (χ2v) is 5.93. The van der Waals surface area contributed by atoms with Crippen LogP contribution in [0, 0.1) is 11.7 Å². The third-order valence-electron chi connectivity index (χ3n) is 4.11. The van der Waals surface area contributed by atoms with Gasteiger partial charge in [0, 0.05) is 24.1 Å². The zero-order valence-corrected chi connectivity index (χ0v) is 11.0. The van der Waals surface area contributed by atoms with Crippen LogP contribution in [-0.4, -0.2) is 12.6 Å². The average molecular weight is 249 g/mol. The first kappa shape index (κ1) is 12.0. The van der Waals surface area contributed by atoms with Crippen molar-refractivity contribution in [3.05, 3.63) is 29.6 Å². The van der Waals surface area contributed by atoms with E-state index in [2.05, 4.69) is 12.2 Å². The normalized spacial score (nSPS) is 30.7. The van der Waals surface area contributed by atoms with Gasteiger partial charge in [-0.2, -0.15) is 0 Å². The topological polar surface area (TPSA) is 21.3 Å². The fraction of sp³-hybridized carbons (Fsp3) is 0.600. The predicted octanol–water partition coefficient (Wildman–Crippen LogP) is 3.43. The zero-order chi connectivity index (χ0) is 12.8. The summed E-state index contributed by atoms with van der Waals surface area (Å²) >= 11 is 0. The largest absolute Gasteiger partial charge is 0.487 e. The van der Waals surface area contributed by atoms with Gasteiger partial charge >= 0.3 is 0 Å². The summed E-state index contributed by atoms with van der Waals surface area (Å²) in [6, 6.07) is 5.13. The number of halogens is 1. The molecule has 1 heterocycles. The molecule has 1 aliphatic heterocycles. The van der Waals surface area contributed by atoms with E-state index in [4.69, 9.17) is 4.74 Å². The number of ether oxygens (including phenoxy) is 1. The second kappa shape index (κ2) is 4.23. The summed E-state index contributed by atoms with van der Waals surface area (Å²) in [7, 11) is 1.96. The third kappa shape index (κ3) is 2.24. The lowest BCUT2D eigenvalue weighted by atomic mass is 9.85. The van der Waals surface area contributed by atoms with Gasteiger partial charge in [0.05, 0.1) is 0 Å². The van der Waals surface area contributed by atoms with Gasteiger partial charge in [0.25, 0.3) is 0 Å². The maximum absolute atomic E-state index is 13.4. The number of fused-ring (bicyclic) bond motifs is 1. The molecule has 2 nitrogen and oxygen atoms in total. The third-order valence-corrected chi connectivity index (χ3v) is 4.11. The van der Waals surface area contributed by atoms with E-state index in [-0.39, 0.29) is 17.5 Å². The van der Waals surface area contributed by atoms with Gasteiger partial charge in [0.2, 0.25) is 0 Å². The van der Waals surface area contributed by atoms with E-state index in [0.29, 0.717) is 5.75 Å². The summed E-state index contributed by atoms with van der Waals surface area (Å²) in [6.45, 7) is 2.16. The van der Waals surface area contributed by atoms with Gasteiger partial charge in [-0.1, -0.05) is 18.9 Å². The highest BCUT2D eigenvalue weighted by Gasteiger charge is 2.40. The molecule has 1 saturated carbocycles.